The Morgan fingerprint density at radius 1 is 1.17 bits per heavy atom. The lowest BCUT2D eigenvalue weighted by Gasteiger charge is -2.41. The lowest BCUT2D eigenvalue weighted by atomic mass is 10.0. The van der Waals surface area contributed by atoms with Crippen LogP contribution < -0.4 is 10.6 Å². The maximum atomic E-state index is 11.9. The Kier molecular flexibility index (Phi) is 9.83. The molecule has 2 aliphatic rings. The van der Waals surface area contributed by atoms with Gasteiger partial charge in [-0.25, -0.2) is 0 Å². The zero-order valence-electron chi connectivity index (χ0n) is 18.4. The van der Waals surface area contributed by atoms with Gasteiger partial charge in [0.2, 0.25) is 5.91 Å². The Bertz CT molecular complexity index is 719. The molecule has 1 amide bonds. The van der Waals surface area contributed by atoms with Crippen molar-refractivity contribution in [1.29, 1.82) is 0 Å². The molecule has 2 saturated heterocycles. The molecule has 8 heteroatoms. The van der Waals surface area contributed by atoms with Crippen LogP contribution in [0.2, 0.25) is 0 Å². The zero-order valence-corrected chi connectivity index (χ0v) is 20.8. The average Bonchev–Trinajstić information content (AvgIpc) is 3.13. The summed E-state index contributed by atoms with van der Waals surface area (Å²) in [7, 11) is 1.80. The van der Waals surface area contributed by atoms with Crippen molar-refractivity contribution < 1.29 is 9.53 Å². The third-order valence-corrected chi connectivity index (χ3v) is 5.78. The fraction of sp³-hybridized carbons (Fsp3) is 0.636. The Hall–Kier alpha value is -1.39. The van der Waals surface area contributed by atoms with Gasteiger partial charge in [0.1, 0.15) is 0 Å². The maximum absolute atomic E-state index is 11.9. The van der Waals surface area contributed by atoms with Gasteiger partial charge in [-0.05, 0) is 31.4 Å². The Morgan fingerprint density at radius 2 is 1.90 bits per heavy atom. The van der Waals surface area contributed by atoms with Gasteiger partial charge in [0, 0.05) is 58.3 Å². The number of nitrogens with zero attached hydrogens (tertiary/aromatic N) is 3. The molecule has 0 atom stereocenters. The third kappa shape index (κ3) is 7.09. The van der Waals surface area contributed by atoms with Crippen LogP contribution in [0.1, 0.15) is 37.8 Å². The smallest absolute Gasteiger partial charge is 0.222 e. The maximum Gasteiger partial charge on any atom is 0.222 e. The normalized spacial score (nSPS) is 18.3. The summed E-state index contributed by atoms with van der Waals surface area (Å²) in [5.41, 5.74) is 2.39. The molecule has 0 saturated carbocycles. The molecule has 0 aliphatic carbocycles. The number of aliphatic imine (C=N–C) groups is 1. The minimum absolute atomic E-state index is 0. The summed E-state index contributed by atoms with van der Waals surface area (Å²) in [4.78, 5) is 20.6. The number of morpholine rings is 1. The van der Waals surface area contributed by atoms with Crippen molar-refractivity contribution in [1.82, 2.24) is 20.4 Å². The number of likely N-dealkylation sites (tertiary alicyclic amines) is 1. The van der Waals surface area contributed by atoms with E-state index >= 15 is 0 Å². The topological polar surface area (TPSA) is 69.2 Å². The summed E-state index contributed by atoms with van der Waals surface area (Å²) in [5, 5.41) is 6.87. The van der Waals surface area contributed by atoms with Gasteiger partial charge in [-0.15, -0.1) is 24.0 Å². The summed E-state index contributed by atoms with van der Waals surface area (Å²) in [6, 6.07) is 8.43. The van der Waals surface area contributed by atoms with Gasteiger partial charge >= 0.3 is 0 Å². The number of ether oxygens (including phenoxy) is 1. The van der Waals surface area contributed by atoms with Crippen LogP contribution in [0.3, 0.4) is 0 Å². The highest BCUT2D eigenvalue weighted by Gasteiger charge is 2.28. The number of guanidine groups is 1. The van der Waals surface area contributed by atoms with E-state index in [1.165, 1.54) is 11.1 Å². The van der Waals surface area contributed by atoms with E-state index in [4.69, 9.17) is 4.74 Å². The van der Waals surface area contributed by atoms with Crippen LogP contribution in [-0.4, -0.2) is 73.6 Å². The Balaban J connectivity index is 0.00000320. The lowest BCUT2D eigenvalue weighted by Crippen LogP contribution is -2.56. The van der Waals surface area contributed by atoms with Crippen LogP contribution in [0.25, 0.3) is 0 Å². The van der Waals surface area contributed by atoms with Crippen LogP contribution >= 0.6 is 24.0 Å². The largest absolute Gasteiger partial charge is 0.379 e. The number of hydrogen-bond acceptors (Lipinski definition) is 4. The van der Waals surface area contributed by atoms with Gasteiger partial charge < -0.3 is 20.3 Å². The van der Waals surface area contributed by atoms with E-state index in [1.807, 2.05) is 4.90 Å². The van der Waals surface area contributed by atoms with Gasteiger partial charge in [-0.3, -0.25) is 14.7 Å². The molecule has 0 spiro atoms. The van der Waals surface area contributed by atoms with Crippen LogP contribution in [0.4, 0.5) is 0 Å². The van der Waals surface area contributed by atoms with Gasteiger partial charge in [-0.1, -0.05) is 24.3 Å². The zero-order chi connectivity index (χ0) is 20.7. The first-order chi connectivity index (χ1) is 14.0. The van der Waals surface area contributed by atoms with Crippen molar-refractivity contribution in [3.05, 3.63) is 35.4 Å². The van der Waals surface area contributed by atoms with Crippen molar-refractivity contribution in [3.8, 4) is 0 Å². The van der Waals surface area contributed by atoms with Crippen molar-refractivity contribution in [2.24, 2.45) is 4.99 Å². The molecule has 0 unspecified atom stereocenters. The molecule has 2 N–H and O–H groups in total. The first kappa shape index (κ1) is 24.9. The SMILES string of the molecule is CN=C(NCc1cccc(CN2CCCC2=O)c1)NCC(C)(C)N1CCOCC1.I. The number of benzene rings is 1. The third-order valence-electron chi connectivity index (χ3n) is 5.78. The Morgan fingerprint density at radius 3 is 2.57 bits per heavy atom. The molecular weight excluding hydrogens is 493 g/mol. The van der Waals surface area contributed by atoms with Crippen molar-refractivity contribution in [3.63, 3.8) is 0 Å². The number of carbonyl (C=O) groups is 1. The molecule has 7 nitrogen and oxygen atoms in total. The van der Waals surface area contributed by atoms with E-state index in [0.29, 0.717) is 19.5 Å². The van der Waals surface area contributed by atoms with Gasteiger partial charge in [-0.2, -0.15) is 0 Å². The number of carbonyl (C=O) groups excluding carboxylic acids is 1. The fourth-order valence-electron chi connectivity index (χ4n) is 3.92. The first-order valence-corrected chi connectivity index (χ1v) is 10.6. The number of halogens is 1. The van der Waals surface area contributed by atoms with E-state index in [0.717, 1.165) is 51.8 Å². The van der Waals surface area contributed by atoms with Crippen LogP contribution in [0, 0.1) is 0 Å². The van der Waals surface area contributed by atoms with Crippen molar-refractivity contribution in [2.75, 3.05) is 46.4 Å². The van der Waals surface area contributed by atoms with E-state index in [9.17, 15) is 4.79 Å². The molecule has 30 heavy (non-hydrogen) atoms. The first-order valence-electron chi connectivity index (χ1n) is 10.6. The highest BCUT2D eigenvalue weighted by atomic mass is 127. The average molecular weight is 529 g/mol. The lowest BCUT2D eigenvalue weighted by molar-refractivity contribution is -0.128. The van der Waals surface area contributed by atoms with Gasteiger partial charge in [0.15, 0.2) is 5.96 Å². The number of nitrogens with one attached hydrogen (secondary N) is 2. The molecule has 0 bridgehead atoms. The van der Waals surface area contributed by atoms with Crippen LogP contribution in [0.5, 0.6) is 0 Å². The number of rotatable bonds is 7. The highest BCUT2D eigenvalue weighted by Crippen LogP contribution is 2.16. The minimum Gasteiger partial charge on any atom is -0.379 e. The minimum atomic E-state index is 0. The van der Waals surface area contributed by atoms with Crippen LogP contribution in [-0.2, 0) is 22.6 Å². The quantitative estimate of drug-likeness (QED) is 0.322. The second-order valence-corrected chi connectivity index (χ2v) is 8.43. The van der Waals surface area contributed by atoms with Crippen molar-refractivity contribution in [2.45, 2.75) is 45.3 Å². The second kappa shape index (κ2) is 11.9. The second-order valence-electron chi connectivity index (χ2n) is 8.43. The van der Waals surface area contributed by atoms with Gasteiger partial charge in [0.25, 0.3) is 0 Å². The summed E-state index contributed by atoms with van der Waals surface area (Å²) >= 11 is 0. The summed E-state index contributed by atoms with van der Waals surface area (Å²) in [6.45, 7) is 11.1. The van der Waals surface area contributed by atoms with Crippen molar-refractivity contribution >= 4 is 35.8 Å². The fourth-order valence-corrected chi connectivity index (χ4v) is 3.92. The molecule has 0 radical (unpaired) electrons. The van der Waals surface area contributed by atoms with E-state index in [1.54, 1.807) is 7.05 Å². The van der Waals surface area contributed by atoms with Gasteiger partial charge in [0.05, 0.1) is 13.2 Å². The standard InChI is InChI=1S/C22H35N5O2.HI/c1-22(2,27-10-12-29-13-11-27)17-25-21(23-3)24-15-18-6-4-7-19(14-18)16-26-9-5-8-20(26)28;/h4,6-7,14H,5,8-13,15-17H2,1-3H3,(H2,23,24,25);1H. The Labute approximate surface area is 197 Å². The molecule has 2 aliphatic heterocycles. The molecule has 1 aromatic rings. The molecule has 0 aromatic heterocycles. The predicted octanol–water partition coefficient (Wildman–Crippen LogP) is 2.20. The molecule has 168 valence electrons. The molecule has 2 heterocycles. The number of hydrogen-bond donors (Lipinski definition) is 2. The van der Waals surface area contributed by atoms with Crippen LogP contribution in [0.15, 0.2) is 29.3 Å². The summed E-state index contributed by atoms with van der Waals surface area (Å²) < 4.78 is 5.47. The summed E-state index contributed by atoms with van der Waals surface area (Å²) in [5.74, 6) is 1.06. The molecule has 3 rings (SSSR count). The summed E-state index contributed by atoms with van der Waals surface area (Å²) in [6.07, 6.45) is 1.66. The number of amides is 1. The highest BCUT2D eigenvalue weighted by molar-refractivity contribution is 14.0. The van der Waals surface area contributed by atoms with E-state index < -0.39 is 0 Å². The van der Waals surface area contributed by atoms with E-state index in [-0.39, 0.29) is 35.4 Å². The monoisotopic (exact) mass is 529 g/mol. The van der Waals surface area contributed by atoms with E-state index in [2.05, 4.69) is 58.6 Å². The molecule has 2 fully saturated rings. The molecule has 1 aromatic carbocycles. The molecular formula is C22H36IN5O2. The predicted molar refractivity (Wildman–Crippen MR) is 131 cm³/mol.